The maximum Gasteiger partial charge on any atom is 0.303 e. The Morgan fingerprint density at radius 2 is 2.04 bits per heavy atom. The van der Waals surface area contributed by atoms with Gasteiger partial charge in [0.1, 0.15) is 5.75 Å². The summed E-state index contributed by atoms with van der Waals surface area (Å²) in [5, 5.41) is 22.8. The number of carbonyl (C=O) groups is 2. The summed E-state index contributed by atoms with van der Waals surface area (Å²) >= 11 is 0. The second kappa shape index (κ2) is 7.87. The van der Waals surface area contributed by atoms with Crippen molar-refractivity contribution in [1.29, 1.82) is 0 Å². The number of aliphatic carboxylic acids is 1. The third-order valence-corrected chi connectivity index (χ3v) is 2.88. The molecule has 23 heavy (non-hydrogen) atoms. The van der Waals surface area contributed by atoms with Crippen molar-refractivity contribution in [1.82, 2.24) is 25.5 Å². The van der Waals surface area contributed by atoms with Gasteiger partial charge in [0.25, 0.3) is 5.91 Å². The molecule has 0 bridgehead atoms. The number of hydrogen-bond donors (Lipinski definition) is 2. The van der Waals surface area contributed by atoms with Gasteiger partial charge in [-0.05, 0) is 35.9 Å². The van der Waals surface area contributed by atoms with Gasteiger partial charge in [-0.3, -0.25) is 9.59 Å². The fourth-order valence-corrected chi connectivity index (χ4v) is 1.77. The van der Waals surface area contributed by atoms with Crippen molar-refractivity contribution < 1.29 is 19.4 Å². The molecular formula is C14H17N5O4. The van der Waals surface area contributed by atoms with Gasteiger partial charge in [0.05, 0.1) is 7.05 Å². The van der Waals surface area contributed by atoms with Gasteiger partial charge in [0, 0.05) is 18.5 Å². The van der Waals surface area contributed by atoms with Crippen LogP contribution in [0.5, 0.6) is 5.75 Å². The first-order chi connectivity index (χ1) is 11.0. The van der Waals surface area contributed by atoms with E-state index in [1.807, 2.05) is 0 Å². The highest BCUT2D eigenvalue weighted by molar-refractivity contribution is 5.77. The molecule has 0 spiro atoms. The molecule has 1 aromatic heterocycles. The lowest BCUT2D eigenvalue weighted by Crippen LogP contribution is -2.29. The molecule has 0 radical (unpaired) electrons. The van der Waals surface area contributed by atoms with Gasteiger partial charge in [-0.15, -0.1) is 10.2 Å². The van der Waals surface area contributed by atoms with E-state index in [0.717, 1.165) is 5.56 Å². The van der Waals surface area contributed by atoms with Crippen LogP contribution in [0.15, 0.2) is 24.3 Å². The topological polar surface area (TPSA) is 119 Å². The van der Waals surface area contributed by atoms with Crippen LogP contribution >= 0.6 is 0 Å². The molecule has 0 aliphatic carbocycles. The van der Waals surface area contributed by atoms with E-state index in [1.54, 1.807) is 31.3 Å². The van der Waals surface area contributed by atoms with Crippen molar-refractivity contribution in [2.24, 2.45) is 7.05 Å². The Morgan fingerprint density at radius 1 is 1.30 bits per heavy atom. The number of carboxylic acid groups (broad SMARTS) is 1. The fraction of sp³-hybridized carbons (Fsp3) is 0.357. The van der Waals surface area contributed by atoms with Crippen molar-refractivity contribution in [3.05, 3.63) is 24.3 Å². The molecule has 1 heterocycles. The van der Waals surface area contributed by atoms with E-state index in [-0.39, 0.29) is 18.9 Å². The second-order valence-corrected chi connectivity index (χ2v) is 4.76. The van der Waals surface area contributed by atoms with Crippen molar-refractivity contribution in [2.75, 3.05) is 13.2 Å². The molecule has 2 rings (SSSR count). The molecule has 0 aliphatic rings. The zero-order valence-electron chi connectivity index (χ0n) is 12.6. The smallest absolute Gasteiger partial charge is 0.303 e. The van der Waals surface area contributed by atoms with E-state index in [4.69, 9.17) is 9.84 Å². The number of carbonyl (C=O) groups excluding carboxylic acids is 1. The lowest BCUT2D eigenvalue weighted by molar-refractivity contribution is -0.137. The average Bonchev–Trinajstić information content (AvgIpc) is 2.96. The van der Waals surface area contributed by atoms with E-state index < -0.39 is 5.97 Å². The quantitative estimate of drug-likeness (QED) is 0.669. The number of tetrazole rings is 1. The minimum absolute atomic E-state index is 0.0268. The number of aromatic nitrogens is 4. The summed E-state index contributed by atoms with van der Waals surface area (Å²) in [5.74, 6) is -0.128. The van der Waals surface area contributed by atoms with Crippen LogP contribution in [0.25, 0.3) is 11.4 Å². The van der Waals surface area contributed by atoms with E-state index in [0.29, 0.717) is 24.5 Å². The Balaban J connectivity index is 1.75. The molecule has 0 atom stereocenters. The third-order valence-electron chi connectivity index (χ3n) is 2.88. The normalized spacial score (nSPS) is 10.3. The zero-order chi connectivity index (χ0) is 16.7. The van der Waals surface area contributed by atoms with Crippen molar-refractivity contribution in [2.45, 2.75) is 12.8 Å². The first-order valence-electron chi connectivity index (χ1n) is 7.00. The molecule has 0 fully saturated rings. The van der Waals surface area contributed by atoms with Gasteiger partial charge in [0.15, 0.2) is 6.61 Å². The fourth-order valence-electron chi connectivity index (χ4n) is 1.77. The number of benzene rings is 1. The summed E-state index contributed by atoms with van der Waals surface area (Å²) in [6.07, 6.45) is 0.417. The Labute approximate surface area is 132 Å². The minimum atomic E-state index is -0.881. The first-order valence-corrected chi connectivity index (χ1v) is 7.00. The molecule has 2 aromatic rings. The molecular weight excluding hydrogens is 302 g/mol. The molecule has 122 valence electrons. The Bertz CT molecular complexity index is 668. The predicted octanol–water partition coefficient (Wildman–Crippen LogP) is 0.237. The van der Waals surface area contributed by atoms with Crippen LogP contribution in [-0.4, -0.2) is 50.3 Å². The van der Waals surface area contributed by atoms with Gasteiger partial charge in [-0.2, -0.15) is 4.80 Å². The monoisotopic (exact) mass is 319 g/mol. The zero-order valence-corrected chi connectivity index (χ0v) is 12.6. The van der Waals surface area contributed by atoms with Gasteiger partial charge in [-0.1, -0.05) is 0 Å². The van der Waals surface area contributed by atoms with Gasteiger partial charge in [0.2, 0.25) is 5.82 Å². The number of rotatable bonds is 8. The number of ether oxygens (including phenoxy) is 1. The summed E-state index contributed by atoms with van der Waals surface area (Å²) in [4.78, 5) is 23.2. The van der Waals surface area contributed by atoms with Crippen molar-refractivity contribution in [3.63, 3.8) is 0 Å². The average molecular weight is 319 g/mol. The van der Waals surface area contributed by atoms with Crippen molar-refractivity contribution in [3.8, 4) is 17.1 Å². The molecule has 0 saturated heterocycles. The Hall–Kier alpha value is -2.97. The first kappa shape index (κ1) is 16.4. The van der Waals surface area contributed by atoms with E-state index >= 15 is 0 Å². The van der Waals surface area contributed by atoms with Crippen LogP contribution in [0.4, 0.5) is 0 Å². The third kappa shape index (κ3) is 5.38. The van der Waals surface area contributed by atoms with E-state index in [9.17, 15) is 9.59 Å². The summed E-state index contributed by atoms with van der Waals surface area (Å²) in [7, 11) is 1.68. The van der Waals surface area contributed by atoms with Gasteiger partial charge >= 0.3 is 5.97 Å². The number of nitrogens with zero attached hydrogens (tertiary/aromatic N) is 4. The van der Waals surface area contributed by atoms with Crippen LogP contribution < -0.4 is 10.1 Å². The Morgan fingerprint density at radius 3 is 2.65 bits per heavy atom. The summed E-state index contributed by atoms with van der Waals surface area (Å²) in [6.45, 7) is 0.182. The minimum Gasteiger partial charge on any atom is -0.484 e. The maximum atomic E-state index is 11.5. The number of amides is 1. The molecule has 9 heteroatoms. The van der Waals surface area contributed by atoms with E-state index in [2.05, 4.69) is 20.7 Å². The number of hydrogen-bond acceptors (Lipinski definition) is 6. The van der Waals surface area contributed by atoms with E-state index in [1.165, 1.54) is 4.80 Å². The summed E-state index contributed by atoms with van der Waals surface area (Å²) in [5.41, 5.74) is 0.795. The predicted molar refractivity (Wildman–Crippen MR) is 79.6 cm³/mol. The Kier molecular flexibility index (Phi) is 5.61. The summed E-state index contributed by atoms with van der Waals surface area (Å²) < 4.78 is 5.35. The van der Waals surface area contributed by atoms with Crippen LogP contribution in [0.1, 0.15) is 12.8 Å². The number of carboxylic acids is 1. The second-order valence-electron chi connectivity index (χ2n) is 4.76. The van der Waals surface area contributed by atoms with Gasteiger partial charge < -0.3 is 15.2 Å². The highest BCUT2D eigenvalue weighted by Gasteiger charge is 2.06. The molecule has 0 saturated carbocycles. The lowest BCUT2D eigenvalue weighted by Gasteiger charge is -2.07. The SMILES string of the molecule is Cn1nnc(-c2ccc(OCC(=O)NCCCC(=O)O)cc2)n1. The highest BCUT2D eigenvalue weighted by atomic mass is 16.5. The standard InChI is InChI=1S/C14H17N5O4/c1-19-17-14(16-18-19)10-4-6-11(7-5-10)23-9-12(20)15-8-2-3-13(21)22/h4-7H,2-3,8-9H2,1H3,(H,15,20)(H,21,22). The molecule has 1 aromatic carbocycles. The molecule has 1 amide bonds. The van der Waals surface area contributed by atoms with Crippen LogP contribution in [-0.2, 0) is 16.6 Å². The van der Waals surface area contributed by atoms with Crippen LogP contribution in [0.3, 0.4) is 0 Å². The van der Waals surface area contributed by atoms with Crippen LogP contribution in [0, 0.1) is 0 Å². The molecule has 0 unspecified atom stereocenters. The lowest BCUT2D eigenvalue weighted by atomic mass is 10.2. The molecule has 2 N–H and O–H groups in total. The maximum absolute atomic E-state index is 11.5. The molecule has 9 nitrogen and oxygen atoms in total. The van der Waals surface area contributed by atoms with Crippen LogP contribution in [0.2, 0.25) is 0 Å². The summed E-state index contributed by atoms with van der Waals surface area (Å²) in [6, 6.07) is 6.97. The van der Waals surface area contributed by atoms with Gasteiger partial charge in [-0.25, -0.2) is 0 Å². The highest BCUT2D eigenvalue weighted by Crippen LogP contribution is 2.18. The van der Waals surface area contributed by atoms with Crippen molar-refractivity contribution >= 4 is 11.9 Å². The largest absolute Gasteiger partial charge is 0.484 e. The number of aryl methyl sites for hydroxylation is 1. The number of nitrogens with one attached hydrogen (secondary N) is 1. The molecule has 0 aliphatic heterocycles.